The topological polar surface area (TPSA) is 20.3 Å². The van der Waals surface area contributed by atoms with Crippen LogP contribution in [0.4, 0.5) is 0 Å². The number of ketones is 1. The summed E-state index contributed by atoms with van der Waals surface area (Å²) in [6.07, 6.45) is 4.47. The zero-order valence-electron chi connectivity index (χ0n) is 11.3. The summed E-state index contributed by atoms with van der Waals surface area (Å²) in [4.78, 5) is 14.1. The Labute approximate surface area is 100 Å². The quantitative estimate of drug-likeness (QED) is 0.716. The van der Waals surface area contributed by atoms with Gasteiger partial charge in [0.25, 0.3) is 0 Å². The summed E-state index contributed by atoms with van der Waals surface area (Å²) in [5.74, 6) is 1.44. The van der Waals surface area contributed by atoms with Crippen molar-refractivity contribution in [1.82, 2.24) is 4.90 Å². The Hall–Kier alpha value is -0.370. The molecule has 2 nitrogen and oxygen atoms in total. The Kier molecular flexibility index (Phi) is 5.47. The SMILES string of the molecule is CC(C)C(=O)CCC1CCN(C(C)C)CC1. The standard InChI is InChI=1S/C14H27NO/c1-11(2)14(16)6-5-13-7-9-15(10-8-13)12(3)4/h11-13H,5-10H2,1-4H3. The first-order valence-corrected chi connectivity index (χ1v) is 6.77. The summed E-state index contributed by atoms with van der Waals surface area (Å²) in [6, 6.07) is 0.679. The lowest BCUT2D eigenvalue weighted by Gasteiger charge is -2.34. The predicted molar refractivity (Wildman–Crippen MR) is 68.5 cm³/mol. The van der Waals surface area contributed by atoms with E-state index in [9.17, 15) is 4.79 Å². The number of hydrogen-bond acceptors (Lipinski definition) is 2. The van der Waals surface area contributed by atoms with Gasteiger partial charge in [-0.2, -0.15) is 0 Å². The first-order valence-electron chi connectivity index (χ1n) is 6.77. The second kappa shape index (κ2) is 6.39. The van der Waals surface area contributed by atoms with E-state index in [0.717, 1.165) is 18.8 Å². The molecule has 0 aromatic rings. The molecule has 0 saturated carbocycles. The van der Waals surface area contributed by atoms with Crippen LogP contribution in [0.25, 0.3) is 0 Å². The molecule has 1 aliphatic heterocycles. The van der Waals surface area contributed by atoms with Gasteiger partial charge in [-0.25, -0.2) is 0 Å². The van der Waals surface area contributed by atoms with Crippen molar-refractivity contribution in [2.75, 3.05) is 13.1 Å². The minimum atomic E-state index is 0.218. The molecule has 0 amide bonds. The highest BCUT2D eigenvalue weighted by Crippen LogP contribution is 2.23. The first-order chi connectivity index (χ1) is 7.50. The average molecular weight is 225 g/mol. The molecule has 94 valence electrons. The number of carbonyl (C=O) groups excluding carboxylic acids is 1. The van der Waals surface area contributed by atoms with Crippen molar-refractivity contribution in [1.29, 1.82) is 0 Å². The Bertz CT molecular complexity index is 215. The third-order valence-electron chi connectivity index (χ3n) is 3.82. The number of carbonyl (C=O) groups is 1. The fourth-order valence-corrected chi connectivity index (χ4v) is 2.39. The molecule has 0 spiro atoms. The number of likely N-dealkylation sites (tertiary alicyclic amines) is 1. The van der Waals surface area contributed by atoms with Crippen molar-refractivity contribution < 1.29 is 4.79 Å². The van der Waals surface area contributed by atoms with Gasteiger partial charge in [0.15, 0.2) is 0 Å². The van der Waals surface area contributed by atoms with Crippen LogP contribution < -0.4 is 0 Å². The third-order valence-corrected chi connectivity index (χ3v) is 3.82. The van der Waals surface area contributed by atoms with Crippen LogP contribution in [0, 0.1) is 11.8 Å². The number of nitrogens with zero attached hydrogens (tertiary/aromatic N) is 1. The van der Waals surface area contributed by atoms with Gasteiger partial charge in [-0.3, -0.25) is 4.79 Å². The van der Waals surface area contributed by atoms with Crippen LogP contribution in [0.15, 0.2) is 0 Å². The van der Waals surface area contributed by atoms with E-state index >= 15 is 0 Å². The van der Waals surface area contributed by atoms with Crippen LogP contribution in [0.3, 0.4) is 0 Å². The molecule has 1 fully saturated rings. The molecule has 1 heterocycles. The van der Waals surface area contributed by atoms with Gasteiger partial charge in [-0.1, -0.05) is 13.8 Å². The lowest BCUT2D eigenvalue weighted by atomic mass is 9.89. The van der Waals surface area contributed by atoms with Gasteiger partial charge in [0.1, 0.15) is 5.78 Å². The van der Waals surface area contributed by atoms with E-state index in [1.165, 1.54) is 25.9 Å². The van der Waals surface area contributed by atoms with E-state index in [2.05, 4.69) is 18.7 Å². The lowest BCUT2D eigenvalue weighted by molar-refractivity contribution is -0.122. The summed E-state index contributed by atoms with van der Waals surface area (Å²) in [6.45, 7) is 11.0. The van der Waals surface area contributed by atoms with Gasteiger partial charge in [-0.05, 0) is 52.1 Å². The lowest BCUT2D eigenvalue weighted by Crippen LogP contribution is -2.38. The maximum atomic E-state index is 11.5. The normalized spacial score (nSPS) is 19.6. The van der Waals surface area contributed by atoms with Crippen LogP contribution in [-0.4, -0.2) is 29.8 Å². The predicted octanol–water partition coefficient (Wildman–Crippen LogP) is 3.11. The van der Waals surface area contributed by atoms with E-state index in [1.54, 1.807) is 0 Å². The number of Topliss-reactive ketones (excluding diaryl/α,β-unsaturated/α-hetero) is 1. The van der Waals surface area contributed by atoms with E-state index in [-0.39, 0.29) is 5.92 Å². The van der Waals surface area contributed by atoms with Crippen molar-refractivity contribution in [3.05, 3.63) is 0 Å². The smallest absolute Gasteiger partial charge is 0.135 e. The van der Waals surface area contributed by atoms with Gasteiger partial charge in [0, 0.05) is 18.4 Å². The second-order valence-corrected chi connectivity index (χ2v) is 5.73. The highest BCUT2D eigenvalue weighted by molar-refractivity contribution is 5.80. The van der Waals surface area contributed by atoms with Crippen LogP contribution in [-0.2, 0) is 4.79 Å². The van der Waals surface area contributed by atoms with Crippen molar-refractivity contribution in [2.24, 2.45) is 11.8 Å². The molecular weight excluding hydrogens is 198 g/mol. The van der Waals surface area contributed by atoms with Crippen molar-refractivity contribution >= 4 is 5.78 Å². The molecule has 0 aromatic carbocycles. The molecule has 1 saturated heterocycles. The fourth-order valence-electron chi connectivity index (χ4n) is 2.39. The highest BCUT2D eigenvalue weighted by Gasteiger charge is 2.21. The third kappa shape index (κ3) is 4.25. The molecule has 1 rings (SSSR count). The molecule has 0 unspecified atom stereocenters. The van der Waals surface area contributed by atoms with Crippen LogP contribution in [0.2, 0.25) is 0 Å². The summed E-state index contributed by atoms with van der Waals surface area (Å²) in [5.41, 5.74) is 0. The maximum absolute atomic E-state index is 11.5. The van der Waals surface area contributed by atoms with Crippen LogP contribution >= 0.6 is 0 Å². The first kappa shape index (κ1) is 13.7. The summed E-state index contributed by atoms with van der Waals surface area (Å²) >= 11 is 0. The van der Waals surface area contributed by atoms with Crippen LogP contribution in [0.5, 0.6) is 0 Å². The average Bonchev–Trinajstić information content (AvgIpc) is 2.26. The van der Waals surface area contributed by atoms with E-state index in [0.29, 0.717) is 11.8 Å². The van der Waals surface area contributed by atoms with Gasteiger partial charge in [-0.15, -0.1) is 0 Å². The molecule has 16 heavy (non-hydrogen) atoms. The Morgan fingerprint density at radius 2 is 1.75 bits per heavy atom. The molecular formula is C14H27NO. The van der Waals surface area contributed by atoms with Gasteiger partial charge >= 0.3 is 0 Å². The highest BCUT2D eigenvalue weighted by atomic mass is 16.1. The Morgan fingerprint density at radius 3 is 2.19 bits per heavy atom. The van der Waals surface area contributed by atoms with Gasteiger partial charge < -0.3 is 4.90 Å². The number of hydrogen-bond donors (Lipinski definition) is 0. The monoisotopic (exact) mass is 225 g/mol. The molecule has 0 N–H and O–H groups in total. The van der Waals surface area contributed by atoms with Crippen molar-refractivity contribution in [2.45, 2.75) is 59.4 Å². The zero-order valence-corrected chi connectivity index (χ0v) is 11.3. The van der Waals surface area contributed by atoms with E-state index in [1.807, 2.05) is 13.8 Å². The number of piperidine rings is 1. The molecule has 2 heteroatoms. The molecule has 0 aliphatic carbocycles. The summed E-state index contributed by atoms with van der Waals surface area (Å²) in [5, 5.41) is 0. The zero-order chi connectivity index (χ0) is 12.1. The minimum absolute atomic E-state index is 0.218. The molecule has 0 bridgehead atoms. The Morgan fingerprint density at radius 1 is 1.19 bits per heavy atom. The summed E-state index contributed by atoms with van der Waals surface area (Å²) in [7, 11) is 0. The van der Waals surface area contributed by atoms with Crippen molar-refractivity contribution in [3.8, 4) is 0 Å². The van der Waals surface area contributed by atoms with E-state index < -0.39 is 0 Å². The van der Waals surface area contributed by atoms with E-state index in [4.69, 9.17) is 0 Å². The largest absolute Gasteiger partial charge is 0.301 e. The minimum Gasteiger partial charge on any atom is -0.301 e. The van der Waals surface area contributed by atoms with Gasteiger partial charge in [0.05, 0.1) is 0 Å². The molecule has 0 atom stereocenters. The molecule has 0 aromatic heterocycles. The maximum Gasteiger partial charge on any atom is 0.135 e. The van der Waals surface area contributed by atoms with Crippen LogP contribution in [0.1, 0.15) is 53.4 Å². The molecule has 1 aliphatic rings. The van der Waals surface area contributed by atoms with Gasteiger partial charge in [0.2, 0.25) is 0 Å². The van der Waals surface area contributed by atoms with Crippen molar-refractivity contribution in [3.63, 3.8) is 0 Å². The molecule has 0 radical (unpaired) electrons. The number of rotatable bonds is 5. The summed E-state index contributed by atoms with van der Waals surface area (Å²) < 4.78 is 0. The fraction of sp³-hybridized carbons (Fsp3) is 0.929. The second-order valence-electron chi connectivity index (χ2n) is 5.73. The Balaban J connectivity index is 2.20.